The molecule has 0 radical (unpaired) electrons. The lowest BCUT2D eigenvalue weighted by molar-refractivity contribution is 0.551. The Morgan fingerprint density at radius 2 is 2.00 bits per heavy atom. The number of thiophene rings is 1. The number of benzene rings is 2. The molecule has 3 aromatic rings. The Balaban J connectivity index is 1.92. The normalized spacial score (nSPS) is 12.7. The van der Waals surface area contributed by atoms with Gasteiger partial charge in [-0.25, -0.2) is 0 Å². The summed E-state index contributed by atoms with van der Waals surface area (Å²) >= 11 is 5.41. The van der Waals surface area contributed by atoms with Crippen molar-refractivity contribution in [2.45, 2.75) is 19.4 Å². The summed E-state index contributed by atoms with van der Waals surface area (Å²) in [6.45, 7) is 3.13. The molecule has 1 heterocycles. The largest absolute Gasteiger partial charge is 0.310 e. The van der Waals surface area contributed by atoms with E-state index in [0.717, 1.165) is 17.4 Å². The van der Waals surface area contributed by atoms with Crippen molar-refractivity contribution >= 4 is 37.4 Å². The van der Waals surface area contributed by atoms with Gasteiger partial charge in [0, 0.05) is 15.2 Å². The molecule has 1 atom stereocenters. The van der Waals surface area contributed by atoms with Gasteiger partial charge < -0.3 is 5.32 Å². The average molecular weight is 360 g/mol. The number of hydrogen-bond acceptors (Lipinski definition) is 2. The van der Waals surface area contributed by atoms with Gasteiger partial charge in [-0.15, -0.1) is 11.3 Å². The number of halogens is 1. The minimum Gasteiger partial charge on any atom is -0.310 e. The molecule has 108 valence electrons. The maximum Gasteiger partial charge on any atom is 0.0361 e. The van der Waals surface area contributed by atoms with E-state index in [2.05, 4.69) is 82.1 Å². The number of nitrogens with one attached hydrogen (secondary N) is 1. The van der Waals surface area contributed by atoms with Gasteiger partial charge in [0.25, 0.3) is 0 Å². The number of rotatable bonds is 5. The third kappa shape index (κ3) is 3.37. The number of likely N-dealkylation sites (N-methyl/N-ethyl adjacent to an activating group) is 1. The van der Waals surface area contributed by atoms with E-state index in [9.17, 15) is 0 Å². The Morgan fingerprint density at radius 3 is 2.81 bits per heavy atom. The van der Waals surface area contributed by atoms with Crippen molar-refractivity contribution in [3.63, 3.8) is 0 Å². The Bertz CT molecular complexity index is 735. The van der Waals surface area contributed by atoms with Gasteiger partial charge in [-0.1, -0.05) is 53.2 Å². The zero-order valence-electron chi connectivity index (χ0n) is 12.0. The molecule has 0 saturated heterocycles. The molecule has 2 aromatic carbocycles. The van der Waals surface area contributed by atoms with Crippen LogP contribution in [0.5, 0.6) is 0 Å². The zero-order valence-corrected chi connectivity index (χ0v) is 14.4. The smallest absolute Gasteiger partial charge is 0.0361 e. The first kappa shape index (κ1) is 14.8. The SMILES string of the molecule is CCNC(Cc1csc2ccccc12)c1cccc(Br)c1. The minimum atomic E-state index is 0.352. The van der Waals surface area contributed by atoms with E-state index in [-0.39, 0.29) is 0 Å². The molecule has 0 aliphatic carbocycles. The lowest BCUT2D eigenvalue weighted by Crippen LogP contribution is -2.22. The van der Waals surface area contributed by atoms with Gasteiger partial charge in [-0.05, 0) is 53.1 Å². The van der Waals surface area contributed by atoms with Crippen LogP contribution in [0.25, 0.3) is 10.1 Å². The van der Waals surface area contributed by atoms with E-state index in [1.807, 2.05) is 11.3 Å². The Hall–Kier alpha value is -1.16. The monoisotopic (exact) mass is 359 g/mol. The molecule has 0 aliphatic heterocycles. The van der Waals surface area contributed by atoms with Gasteiger partial charge in [-0.3, -0.25) is 0 Å². The van der Waals surface area contributed by atoms with Crippen LogP contribution in [0, 0.1) is 0 Å². The van der Waals surface area contributed by atoms with Gasteiger partial charge in [0.15, 0.2) is 0 Å². The van der Waals surface area contributed by atoms with Crippen molar-refractivity contribution < 1.29 is 0 Å². The van der Waals surface area contributed by atoms with Crippen LogP contribution in [-0.4, -0.2) is 6.54 Å². The first-order valence-electron chi connectivity index (χ1n) is 7.22. The summed E-state index contributed by atoms with van der Waals surface area (Å²) in [4.78, 5) is 0. The molecule has 0 amide bonds. The molecular formula is C18H18BrNS. The second-order valence-corrected chi connectivity index (χ2v) is 6.95. The summed E-state index contributed by atoms with van der Waals surface area (Å²) in [5.74, 6) is 0. The Morgan fingerprint density at radius 1 is 1.14 bits per heavy atom. The maximum atomic E-state index is 3.61. The van der Waals surface area contributed by atoms with Gasteiger partial charge in [0.1, 0.15) is 0 Å². The van der Waals surface area contributed by atoms with Crippen molar-refractivity contribution in [2.75, 3.05) is 6.54 Å². The fraction of sp³-hybridized carbons (Fsp3) is 0.222. The first-order chi connectivity index (χ1) is 10.3. The van der Waals surface area contributed by atoms with Gasteiger partial charge in [0.2, 0.25) is 0 Å². The van der Waals surface area contributed by atoms with Crippen molar-refractivity contribution in [3.8, 4) is 0 Å². The first-order valence-corrected chi connectivity index (χ1v) is 8.89. The Kier molecular flexibility index (Phi) is 4.73. The van der Waals surface area contributed by atoms with Crippen molar-refractivity contribution in [1.29, 1.82) is 0 Å². The van der Waals surface area contributed by atoms with Gasteiger partial charge >= 0.3 is 0 Å². The van der Waals surface area contributed by atoms with Crippen molar-refractivity contribution in [1.82, 2.24) is 5.32 Å². The minimum absolute atomic E-state index is 0.352. The quantitative estimate of drug-likeness (QED) is 0.628. The van der Waals surface area contributed by atoms with Gasteiger partial charge in [-0.2, -0.15) is 0 Å². The van der Waals surface area contributed by atoms with E-state index >= 15 is 0 Å². The van der Waals surface area contributed by atoms with Crippen LogP contribution in [0.15, 0.2) is 58.4 Å². The molecule has 0 bridgehead atoms. The van der Waals surface area contributed by atoms with E-state index in [4.69, 9.17) is 0 Å². The second kappa shape index (κ2) is 6.73. The molecule has 1 nitrogen and oxygen atoms in total. The van der Waals surface area contributed by atoms with Crippen LogP contribution in [0.4, 0.5) is 0 Å². The van der Waals surface area contributed by atoms with E-state index in [1.165, 1.54) is 21.2 Å². The molecule has 0 saturated carbocycles. The second-order valence-electron chi connectivity index (χ2n) is 5.13. The highest BCUT2D eigenvalue weighted by Gasteiger charge is 2.14. The summed E-state index contributed by atoms with van der Waals surface area (Å²) in [7, 11) is 0. The van der Waals surface area contributed by atoms with E-state index in [1.54, 1.807) is 0 Å². The highest BCUT2D eigenvalue weighted by molar-refractivity contribution is 9.10. The van der Waals surface area contributed by atoms with E-state index in [0.29, 0.717) is 6.04 Å². The van der Waals surface area contributed by atoms with Crippen LogP contribution < -0.4 is 5.32 Å². The Labute approximate surface area is 138 Å². The molecule has 1 N–H and O–H groups in total. The standard InChI is InChI=1S/C18H18BrNS/c1-2-20-17(13-6-5-7-15(19)10-13)11-14-12-21-18-9-4-3-8-16(14)18/h3-10,12,17,20H,2,11H2,1H3. The molecular weight excluding hydrogens is 342 g/mol. The van der Waals surface area contributed by atoms with Crippen molar-refractivity contribution in [3.05, 3.63) is 69.5 Å². The van der Waals surface area contributed by atoms with Gasteiger partial charge in [0.05, 0.1) is 0 Å². The summed E-state index contributed by atoms with van der Waals surface area (Å²) in [5, 5.41) is 7.30. The average Bonchev–Trinajstić information content (AvgIpc) is 2.90. The third-order valence-electron chi connectivity index (χ3n) is 3.69. The molecule has 1 unspecified atom stereocenters. The molecule has 0 fully saturated rings. The van der Waals surface area contributed by atoms with Crippen LogP contribution >= 0.6 is 27.3 Å². The molecule has 1 aromatic heterocycles. The predicted molar refractivity (Wildman–Crippen MR) is 96.1 cm³/mol. The summed E-state index contributed by atoms with van der Waals surface area (Å²) in [6, 6.07) is 17.6. The summed E-state index contributed by atoms with van der Waals surface area (Å²) in [5.41, 5.74) is 2.77. The van der Waals surface area contributed by atoms with Crippen LogP contribution in [-0.2, 0) is 6.42 Å². The molecule has 21 heavy (non-hydrogen) atoms. The molecule has 0 aliphatic rings. The highest BCUT2D eigenvalue weighted by Crippen LogP contribution is 2.30. The van der Waals surface area contributed by atoms with Crippen LogP contribution in [0.1, 0.15) is 24.1 Å². The molecule has 3 heteroatoms. The number of fused-ring (bicyclic) bond motifs is 1. The fourth-order valence-electron chi connectivity index (χ4n) is 2.69. The topological polar surface area (TPSA) is 12.0 Å². The summed E-state index contributed by atoms with van der Waals surface area (Å²) in [6.07, 6.45) is 1.02. The lowest BCUT2D eigenvalue weighted by Gasteiger charge is -2.18. The van der Waals surface area contributed by atoms with Crippen LogP contribution in [0.3, 0.4) is 0 Å². The summed E-state index contributed by atoms with van der Waals surface area (Å²) < 4.78 is 2.51. The maximum absolute atomic E-state index is 3.61. The highest BCUT2D eigenvalue weighted by atomic mass is 79.9. The fourth-order valence-corrected chi connectivity index (χ4v) is 4.08. The lowest BCUT2D eigenvalue weighted by atomic mass is 9.98. The molecule has 3 rings (SSSR count). The predicted octanol–water partition coefficient (Wildman–Crippen LogP) is 5.56. The number of hydrogen-bond donors (Lipinski definition) is 1. The zero-order chi connectivity index (χ0) is 14.7. The van der Waals surface area contributed by atoms with Crippen LogP contribution in [0.2, 0.25) is 0 Å². The third-order valence-corrected chi connectivity index (χ3v) is 5.19. The van der Waals surface area contributed by atoms with Crippen molar-refractivity contribution in [2.24, 2.45) is 0 Å². The molecule has 0 spiro atoms. The van der Waals surface area contributed by atoms with E-state index < -0.39 is 0 Å².